The summed E-state index contributed by atoms with van der Waals surface area (Å²) in [5, 5.41) is 0. The average Bonchev–Trinajstić information content (AvgIpc) is 2.30. The monoisotopic (exact) mass is 242 g/mol. The number of thiol groups is 1. The van der Waals surface area contributed by atoms with Crippen molar-refractivity contribution in [2.45, 2.75) is 39.5 Å². The van der Waals surface area contributed by atoms with E-state index in [0.29, 0.717) is 5.92 Å². The van der Waals surface area contributed by atoms with Gasteiger partial charge in [0.1, 0.15) is 0 Å². The highest BCUT2D eigenvalue weighted by molar-refractivity contribution is 7.80. The molecule has 3 atom stereocenters. The van der Waals surface area contributed by atoms with Crippen LogP contribution in [0.1, 0.15) is 39.5 Å². The average molecular weight is 242 g/mol. The Kier molecular flexibility index (Phi) is 7.22. The second-order valence-electron chi connectivity index (χ2n) is 5.05. The lowest BCUT2D eigenvalue weighted by molar-refractivity contribution is 0.0580. The first-order valence-corrected chi connectivity index (χ1v) is 7.24. The van der Waals surface area contributed by atoms with Crippen LogP contribution in [0.5, 0.6) is 0 Å². The summed E-state index contributed by atoms with van der Waals surface area (Å²) in [7, 11) is 0. The smallest absolute Gasteiger partial charge is 0.0502 e. The second kappa shape index (κ2) is 8.19. The molecule has 0 aliphatic heterocycles. The van der Waals surface area contributed by atoms with Crippen molar-refractivity contribution in [1.29, 1.82) is 0 Å². The first-order valence-electron chi connectivity index (χ1n) is 6.61. The highest BCUT2D eigenvalue weighted by Crippen LogP contribution is 2.25. The van der Waals surface area contributed by atoms with E-state index in [0.717, 1.165) is 30.8 Å². The topological polar surface area (TPSA) is 9.23 Å². The molecular weight excluding hydrogens is 216 g/mol. The van der Waals surface area contributed by atoms with E-state index in [9.17, 15) is 0 Å². The van der Waals surface area contributed by atoms with Gasteiger partial charge in [-0.05, 0) is 42.8 Å². The van der Waals surface area contributed by atoms with Crippen molar-refractivity contribution in [2.24, 2.45) is 17.8 Å². The lowest BCUT2D eigenvalue weighted by Gasteiger charge is -2.25. The summed E-state index contributed by atoms with van der Waals surface area (Å²) >= 11 is 4.38. The molecule has 0 saturated carbocycles. The summed E-state index contributed by atoms with van der Waals surface area (Å²) in [6.07, 6.45) is 9.49. The van der Waals surface area contributed by atoms with Gasteiger partial charge in [-0.3, -0.25) is 0 Å². The quantitative estimate of drug-likeness (QED) is 0.525. The maximum absolute atomic E-state index is 5.87. The van der Waals surface area contributed by atoms with Crippen molar-refractivity contribution in [3.8, 4) is 0 Å². The molecule has 0 N–H and O–H groups in total. The molecule has 0 saturated heterocycles. The Labute approximate surface area is 106 Å². The van der Waals surface area contributed by atoms with E-state index in [1.54, 1.807) is 0 Å². The van der Waals surface area contributed by atoms with E-state index in [1.165, 1.54) is 25.7 Å². The third-order valence-corrected chi connectivity index (χ3v) is 4.08. The van der Waals surface area contributed by atoms with Crippen molar-refractivity contribution in [1.82, 2.24) is 0 Å². The van der Waals surface area contributed by atoms with Crippen molar-refractivity contribution in [2.75, 3.05) is 19.0 Å². The Morgan fingerprint density at radius 2 is 2.12 bits per heavy atom. The predicted molar refractivity (Wildman–Crippen MR) is 74.1 cm³/mol. The minimum atomic E-state index is 0.641. The van der Waals surface area contributed by atoms with Gasteiger partial charge in [0.25, 0.3) is 0 Å². The fourth-order valence-corrected chi connectivity index (χ4v) is 2.55. The molecule has 94 valence electrons. The molecule has 0 heterocycles. The minimum Gasteiger partial charge on any atom is -0.381 e. The fourth-order valence-electron chi connectivity index (χ4n) is 2.26. The van der Waals surface area contributed by atoms with Gasteiger partial charge in [-0.2, -0.15) is 12.6 Å². The molecule has 1 aliphatic rings. The Morgan fingerprint density at radius 1 is 1.38 bits per heavy atom. The molecule has 0 radical (unpaired) electrons. The fraction of sp³-hybridized carbons (Fsp3) is 0.857. The second-order valence-corrected chi connectivity index (χ2v) is 5.42. The number of allylic oxidation sites excluding steroid dienone is 2. The van der Waals surface area contributed by atoms with Crippen LogP contribution in [-0.2, 0) is 4.74 Å². The highest BCUT2D eigenvalue weighted by atomic mass is 32.1. The summed E-state index contributed by atoms with van der Waals surface area (Å²) in [5.74, 6) is 3.11. The van der Waals surface area contributed by atoms with Gasteiger partial charge in [-0.1, -0.05) is 32.4 Å². The van der Waals surface area contributed by atoms with E-state index < -0.39 is 0 Å². The SMILES string of the molecule is CCCC(CS)COCC1CC=CCC1C. The van der Waals surface area contributed by atoms with Gasteiger partial charge in [-0.25, -0.2) is 0 Å². The van der Waals surface area contributed by atoms with Crippen LogP contribution in [0.15, 0.2) is 12.2 Å². The number of hydrogen-bond acceptors (Lipinski definition) is 2. The van der Waals surface area contributed by atoms with Crippen LogP contribution in [0.25, 0.3) is 0 Å². The van der Waals surface area contributed by atoms with Crippen LogP contribution in [-0.4, -0.2) is 19.0 Å². The van der Waals surface area contributed by atoms with E-state index in [2.05, 4.69) is 38.6 Å². The van der Waals surface area contributed by atoms with Gasteiger partial charge < -0.3 is 4.74 Å². The molecule has 0 bridgehead atoms. The Bertz CT molecular complexity index is 203. The Hall–Kier alpha value is 0.0500. The zero-order valence-electron chi connectivity index (χ0n) is 10.7. The number of hydrogen-bond donors (Lipinski definition) is 1. The molecule has 0 fully saturated rings. The third kappa shape index (κ3) is 4.92. The molecule has 1 rings (SSSR count). The van der Waals surface area contributed by atoms with Crippen molar-refractivity contribution < 1.29 is 4.74 Å². The molecule has 0 spiro atoms. The van der Waals surface area contributed by atoms with E-state index in [1.807, 2.05) is 0 Å². The maximum Gasteiger partial charge on any atom is 0.0502 e. The molecule has 2 heteroatoms. The molecule has 1 nitrogen and oxygen atoms in total. The molecule has 1 aliphatic carbocycles. The third-order valence-electron chi connectivity index (χ3n) is 3.56. The van der Waals surface area contributed by atoms with E-state index in [4.69, 9.17) is 4.74 Å². The highest BCUT2D eigenvalue weighted by Gasteiger charge is 2.18. The van der Waals surface area contributed by atoms with Gasteiger partial charge >= 0.3 is 0 Å². The lowest BCUT2D eigenvalue weighted by atomic mass is 9.85. The molecule has 16 heavy (non-hydrogen) atoms. The van der Waals surface area contributed by atoms with Crippen molar-refractivity contribution in [3.05, 3.63) is 12.2 Å². The van der Waals surface area contributed by atoms with Crippen LogP contribution in [0, 0.1) is 17.8 Å². The lowest BCUT2D eigenvalue weighted by Crippen LogP contribution is -2.22. The molecule has 0 aromatic carbocycles. The van der Waals surface area contributed by atoms with Crippen LogP contribution in [0.4, 0.5) is 0 Å². The normalized spacial score (nSPS) is 26.9. The molecule has 0 aromatic heterocycles. The standard InChI is InChI=1S/C14H26OS/c1-3-6-13(11-16)9-15-10-14-8-5-4-7-12(14)2/h4-5,12-14,16H,3,6-11H2,1-2H3. The van der Waals surface area contributed by atoms with Gasteiger partial charge in [0.15, 0.2) is 0 Å². The number of rotatable bonds is 7. The summed E-state index contributed by atoms with van der Waals surface area (Å²) in [5.41, 5.74) is 0. The van der Waals surface area contributed by atoms with Gasteiger partial charge in [0.2, 0.25) is 0 Å². The maximum atomic E-state index is 5.87. The summed E-state index contributed by atoms with van der Waals surface area (Å²) in [6.45, 7) is 6.38. The van der Waals surface area contributed by atoms with Crippen LogP contribution in [0.3, 0.4) is 0 Å². The summed E-state index contributed by atoms with van der Waals surface area (Å²) in [6, 6.07) is 0. The molecular formula is C14H26OS. The zero-order chi connectivity index (χ0) is 11.8. The largest absolute Gasteiger partial charge is 0.381 e. The van der Waals surface area contributed by atoms with Crippen LogP contribution in [0.2, 0.25) is 0 Å². The van der Waals surface area contributed by atoms with Gasteiger partial charge in [0.05, 0.1) is 6.61 Å². The van der Waals surface area contributed by atoms with E-state index in [-0.39, 0.29) is 0 Å². The number of ether oxygens (including phenoxy) is 1. The Balaban J connectivity index is 2.16. The van der Waals surface area contributed by atoms with Gasteiger partial charge in [-0.15, -0.1) is 0 Å². The molecule has 3 unspecified atom stereocenters. The predicted octanol–water partition coefficient (Wildman–Crippen LogP) is 3.95. The van der Waals surface area contributed by atoms with Gasteiger partial charge in [0, 0.05) is 6.61 Å². The first kappa shape index (κ1) is 14.1. The van der Waals surface area contributed by atoms with Crippen molar-refractivity contribution >= 4 is 12.6 Å². The van der Waals surface area contributed by atoms with E-state index >= 15 is 0 Å². The first-order chi connectivity index (χ1) is 7.77. The summed E-state index contributed by atoms with van der Waals surface area (Å²) in [4.78, 5) is 0. The minimum absolute atomic E-state index is 0.641. The molecule has 0 aromatic rings. The van der Waals surface area contributed by atoms with Crippen LogP contribution < -0.4 is 0 Å². The molecule has 0 amide bonds. The van der Waals surface area contributed by atoms with Crippen LogP contribution >= 0.6 is 12.6 Å². The van der Waals surface area contributed by atoms with Crippen molar-refractivity contribution in [3.63, 3.8) is 0 Å². The summed E-state index contributed by atoms with van der Waals surface area (Å²) < 4.78 is 5.87. The Morgan fingerprint density at radius 3 is 2.75 bits per heavy atom. The zero-order valence-corrected chi connectivity index (χ0v) is 11.6.